The van der Waals surface area contributed by atoms with Gasteiger partial charge in [0, 0.05) is 6.54 Å². The van der Waals surface area contributed by atoms with Crippen molar-refractivity contribution in [2.75, 3.05) is 13.6 Å². The molecule has 1 amide bonds. The molecule has 2 rings (SSSR count). The fourth-order valence-corrected chi connectivity index (χ4v) is 1.69. The van der Waals surface area contributed by atoms with Gasteiger partial charge in [0.2, 0.25) is 5.91 Å². The van der Waals surface area contributed by atoms with Crippen LogP contribution in [-0.2, 0) is 17.9 Å². The zero-order chi connectivity index (χ0) is 13.5. The molecule has 0 fully saturated rings. The molecule has 0 bridgehead atoms. The number of amides is 1. The summed E-state index contributed by atoms with van der Waals surface area (Å²) in [6.45, 7) is 1.58. The Morgan fingerprint density at radius 1 is 1.26 bits per heavy atom. The van der Waals surface area contributed by atoms with Crippen LogP contribution in [0.15, 0.2) is 36.9 Å². The van der Waals surface area contributed by atoms with Crippen molar-refractivity contribution in [3.63, 3.8) is 0 Å². The van der Waals surface area contributed by atoms with Crippen LogP contribution in [0.5, 0.6) is 0 Å². The van der Waals surface area contributed by atoms with Gasteiger partial charge in [-0.05, 0) is 18.2 Å². The van der Waals surface area contributed by atoms with Gasteiger partial charge in [0.15, 0.2) is 0 Å². The second-order valence-corrected chi connectivity index (χ2v) is 4.22. The fraction of sp³-hybridized carbons (Fsp3) is 0.308. The first kappa shape index (κ1) is 13.2. The lowest BCUT2D eigenvalue weighted by Gasteiger charge is -2.06. The van der Waals surface area contributed by atoms with Crippen LogP contribution in [0.2, 0.25) is 0 Å². The molecule has 2 N–H and O–H groups in total. The van der Waals surface area contributed by atoms with Gasteiger partial charge in [-0.1, -0.05) is 24.3 Å². The molecule has 0 unspecified atom stereocenters. The molecule has 0 aliphatic carbocycles. The van der Waals surface area contributed by atoms with Gasteiger partial charge in [-0.3, -0.25) is 4.79 Å². The molecule has 1 aromatic carbocycles. The van der Waals surface area contributed by atoms with Crippen LogP contribution in [0, 0.1) is 0 Å². The Morgan fingerprint density at radius 2 is 2.00 bits per heavy atom. The molecule has 0 aliphatic heterocycles. The number of carbonyl (C=O) groups is 1. The lowest BCUT2D eigenvalue weighted by molar-refractivity contribution is -0.120. The molecule has 0 spiro atoms. The first-order valence-corrected chi connectivity index (χ1v) is 6.09. The van der Waals surface area contributed by atoms with Crippen LogP contribution < -0.4 is 10.6 Å². The fourth-order valence-electron chi connectivity index (χ4n) is 1.69. The van der Waals surface area contributed by atoms with Gasteiger partial charge in [0.25, 0.3) is 0 Å². The SMILES string of the molecule is CNCC(=O)NCc1ccc(Cn2cncn2)cc1. The van der Waals surface area contributed by atoms with Gasteiger partial charge in [0.05, 0.1) is 13.1 Å². The van der Waals surface area contributed by atoms with Gasteiger partial charge in [-0.15, -0.1) is 0 Å². The Morgan fingerprint density at radius 3 is 2.63 bits per heavy atom. The lowest BCUT2D eigenvalue weighted by atomic mass is 10.1. The Bertz CT molecular complexity index is 506. The third-order valence-electron chi connectivity index (χ3n) is 2.66. The number of carbonyl (C=O) groups excluding carboxylic acids is 1. The first-order valence-electron chi connectivity index (χ1n) is 6.09. The zero-order valence-electron chi connectivity index (χ0n) is 10.8. The Hall–Kier alpha value is -2.21. The summed E-state index contributed by atoms with van der Waals surface area (Å²) in [7, 11) is 1.75. The summed E-state index contributed by atoms with van der Waals surface area (Å²) in [5.41, 5.74) is 2.22. The summed E-state index contributed by atoms with van der Waals surface area (Å²) < 4.78 is 1.77. The average Bonchev–Trinajstić information content (AvgIpc) is 2.91. The summed E-state index contributed by atoms with van der Waals surface area (Å²) in [5, 5.41) is 9.70. The summed E-state index contributed by atoms with van der Waals surface area (Å²) in [6.07, 6.45) is 3.21. The minimum absolute atomic E-state index is 0.00538. The van der Waals surface area contributed by atoms with Gasteiger partial charge >= 0.3 is 0 Å². The van der Waals surface area contributed by atoms with E-state index in [4.69, 9.17) is 0 Å². The smallest absolute Gasteiger partial charge is 0.234 e. The summed E-state index contributed by atoms with van der Waals surface area (Å²) in [4.78, 5) is 15.2. The highest BCUT2D eigenvalue weighted by molar-refractivity contribution is 5.77. The maximum atomic E-state index is 11.3. The molecular formula is C13H17N5O. The van der Waals surface area contributed by atoms with E-state index in [-0.39, 0.29) is 5.91 Å². The molecule has 0 aliphatic rings. The molecule has 0 saturated heterocycles. The molecule has 1 aromatic heterocycles. The van der Waals surface area contributed by atoms with Gasteiger partial charge in [-0.25, -0.2) is 9.67 Å². The predicted molar refractivity (Wildman–Crippen MR) is 71.3 cm³/mol. The molecule has 2 aromatic rings. The minimum atomic E-state index is -0.00538. The molecule has 0 atom stereocenters. The molecule has 0 saturated carbocycles. The molecule has 6 nitrogen and oxygen atoms in total. The number of rotatable bonds is 6. The highest BCUT2D eigenvalue weighted by atomic mass is 16.1. The van der Waals surface area contributed by atoms with E-state index >= 15 is 0 Å². The van der Waals surface area contributed by atoms with Crippen LogP contribution in [-0.4, -0.2) is 34.3 Å². The van der Waals surface area contributed by atoms with Crippen molar-refractivity contribution >= 4 is 5.91 Å². The summed E-state index contributed by atoms with van der Waals surface area (Å²) in [5.74, 6) is -0.00538. The second-order valence-electron chi connectivity index (χ2n) is 4.22. The van der Waals surface area contributed by atoms with Crippen LogP contribution in [0.4, 0.5) is 0 Å². The van der Waals surface area contributed by atoms with E-state index in [1.807, 2.05) is 24.3 Å². The Balaban J connectivity index is 1.86. The van der Waals surface area contributed by atoms with E-state index in [0.717, 1.165) is 11.1 Å². The van der Waals surface area contributed by atoms with Crippen molar-refractivity contribution in [2.24, 2.45) is 0 Å². The number of likely N-dealkylation sites (N-methyl/N-ethyl adjacent to an activating group) is 1. The molecule has 6 heteroatoms. The van der Waals surface area contributed by atoms with Crippen LogP contribution in [0.1, 0.15) is 11.1 Å². The van der Waals surface area contributed by atoms with E-state index in [1.165, 1.54) is 6.33 Å². The Labute approximate surface area is 111 Å². The van der Waals surface area contributed by atoms with Crippen molar-refractivity contribution in [1.82, 2.24) is 25.4 Å². The highest BCUT2D eigenvalue weighted by Crippen LogP contribution is 2.05. The van der Waals surface area contributed by atoms with E-state index in [1.54, 1.807) is 18.1 Å². The van der Waals surface area contributed by atoms with Gasteiger partial charge in [-0.2, -0.15) is 5.10 Å². The number of hydrogen-bond acceptors (Lipinski definition) is 4. The maximum Gasteiger partial charge on any atom is 0.234 e. The summed E-state index contributed by atoms with van der Waals surface area (Å²) in [6, 6.07) is 8.07. The number of nitrogens with zero attached hydrogens (tertiary/aromatic N) is 3. The van der Waals surface area contributed by atoms with E-state index in [9.17, 15) is 4.79 Å². The van der Waals surface area contributed by atoms with Crippen molar-refractivity contribution in [3.8, 4) is 0 Å². The standard InChI is InChI=1S/C13H17N5O/c1-14-7-13(19)16-6-11-2-4-12(5-3-11)8-18-10-15-9-17-18/h2-5,9-10,14H,6-8H2,1H3,(H,16,19). The van der Waals surface area contributed by atoms with Crippen molar-refractivity contribution in [2.45, 2.75) is 13.1 Å². The van der Waals surface area contributed by atoms with Crippen molar-refractivity contribution in [1.29, 1.82) is 0 Å². The zero-order valence-corrected chi connectivity index (χ0v) is 10.8. The second kappa shape index (κ2) is 6.65. The third kappa shape index (κ3) is 4.18. The molecule has 19 heavy (non-hydrogen) atoms. The number of nitrogens with one attached hydrogen (secondary N) is 2. The first-order chi connectivity index (χ1) is 9.28. The Kier molecular flexibility index (Phi) is 4.63. The topological polar surface area (TPSA) is 71.8 Å². The third-order valence-corrected chi connectivity index (χ3v) is 2.66. The molecule has 0 radical (unpaired) electrons. The minimum Gasteiger partial charge on any atom is -0.351 e. The van der Waals surface area contributed by atoms with Gasteiger partial charge < -0.3 is 10.6 Å². The molecule has 100 valence electrons. The van der Waals surface area contributed by atoms with E-state index < -0.39 is 0 Å². The predicted octanol–water partition coefficient (Wildman–Crippen LogP) is 0.162. The van der Waals surface area contributed by atoms with Crippen molar-refractivity contribution in [3.05, 3.63) is 48.0 Å². The summed E-state index contributed by atoms with van der Waals surface area (Å²) >= 11 is 0. The highest BCUT2D eigenvalue weighted by Gasteiger charge is 2.00. The maximum absolute atomic E-state index is 11.3. The largest absolute Gasteiger partial charge is 0.351 e. The van der Waals surface area contributed by atoms with Crippen molar-refractivity contribution < 1.29 is 4.79 Å². The van der Waals surface area contributed by atoms with Crippen LogP contribution >= 0.6 is 0 Å². The van der Waals surface area contributed by atoms with E-state index in [2.05, 4.69) is 20.7 Å². The van der Waals surface area contributed by atoms with E-state index in [0.29, 0.717) is 19.6 Å². The van der Waals surface area contributed by atoms with Crippen LogP contribution in [0.3, 0.4) is 0 Å². The average molecular weight is 259 g/mol. The van der Waals surface area contributed by atoms with Crippen LogP contribution in [0.25, 0.3) is 0 Å². The number of aromatic nitrogens is 3. The number of hydrogen-bond donors (Lipinski definition) is 2. The quantitative estimate of drug-likeness (QED) is 0.775. The normalized spacial score (nSPS) is 10.4. The molecular weight excluding hydrogens is 242 g/mol. The number of benzene rings is 1. The lowest BCUT2D eigenvalue weighted by Crippen LogP contribution is -2.31. The monoisotopic (exact) mass is 259 g/mol. The van der Waals surface area contributed by atoms with Gasteiger partial charge in [0.1, 0.15) is 12.7 Å². The molecule has 1 heterocycles.